The van der Waals surface area contributed by atoms with Crippen molar-refractivity contribution in [2.45, 2.75) is 29.4 Å². The van der Waals surface area contributed by atoms with Gasteiger partial charge in [0.15, 0.2) is 0 Å². The lowest BCUT2D eigenvalue weighted by Gasteiger charge is -2.14. The van der Waals surface area contributed by atoms with Crippen molar-refractivity contribution in [3.05, 3.63) is 52.3 Å². The molecule has 0 unspecified atom stereocenters. The quantitative estimate of drug-likeness (QED) is 0.664. The standard InChI is InChI=1S/C16H10ClF5O3S/c17-11-5-8(1-2-12(11)18)25-13-3-4-14(26(23,24)15(19)20)10-7-16(21,22)6-9(10)13/h1-5,15H,6-7H2. The number of halogens is 6. The fraction of sp³-hybridized carbons (Fsp3) is 0.250. The van der Waals surface area contributed by atoms with E-state index in [2.05, 4.69) is 0 Å². The molecule has 0 aliphatic heterocycles. The maximum atomic E-state index is 13.8. The van der Waals surface area contributed by atoms with E-state index >= 15 is 0 Å². The zero-order chi connectivity index (χ0) is 19.3. The Kier molecular flexibility index (Phi) is 4.64. The molecule has 2 aromatic rings. The predicted molar refractivity (Wildman–Crippen MR) is 83.5 cm³/mol. The van der Waals surface area contributed by atoms with Crippen molar-refractivity contribution >= 4 is 21.4 Å². The molecular formula is C16H10ClF5O3S. The van der Waals surface area contributed by atoms with E-state index in [1.807, 2.05) is 0 Å². The molecule has 140 valence electrons. The van der Waals surface area contributed by atoms with Crippen LogP contribution in [0.3, 0.4) is 0 Å². The number of benzene rings is 2. The average Bonchev–Trinajstić information content (AvgIpc) is 2.86. The van der Waals surface area contributed by atoms with Gasteiger partial charge in [-0.2, -0.15) is 8.78 Å². The van der Waals surface area contributed by atoms with Crippen LogP contribution in [0.4, 0.5) is 22.0 Å². The summed E-state index contributed by atoms with van der Waals surface area (Å²) in [4.78, 5) is -0.843. The van der Waals surface area contributed by atoms with Gasteiger partial charge in [-0.15, -0.1) is 0 Å². The number of sulfone groups is 1. The zero-order valence-corrected chi connectivity index (χ0v) is 14.4. The molecule has 0 N–H and O–H groups in total. The summed E-state index contributed by atoms with van der Waals surface area (Å²) in [6.07, 6.45) is -1.86. The molecule has 1 aliphatic carbocycles. The Bertz CT molecular complexity index is 976. The Morgan fingerprint density at radius 3 is 2.35 bits per heavy atom. The SMILES string of the molecule is O=S(=O)(c1ccc(Oc2ccc(F)c(Cl)c2)c2c1CC(F)(F)C2)C(F)F. The summed E-state index contributed by atoms with van der Waals surface area (Å²) < 4.78 is 95.5. The summed E-state index contributed by atoms with van der Waals surface area (Å²) in [5, 5.41) is -0.263. The van der Waals surface area contributed by atoms with Crippen LogP contribution in [-0.2, 0) is 22.7 Å². The number of hydrogen-bond acceptors (Lipinski definition) is 3. The molecule has 0 saturated carbocycles. The van der Waals surface area contributed by atoms with E-state index in [1.54, 1.807) is 0 Å². The molecule has 0 bridgehead atoms. The number of alkyl halides is 4. The van der Waals surface area contributed by atoms with Crippen molar-refractivity contribution in [1.29, 1.82) is 0 Å². The summed E-state index contributed by atoms with van der Waals surface area (Å²) in [6.45, 7) is 0. The maximum Gasteiger partial charge on any atom is 0.341 e. The van der Waals surface area contributed by atoms with Gasteiger partial charge < -0.3 is 4.74 Å². The molecule has 0 spiro atoms. The minimum Gasteiger partial charge on any atom is -0.457 e. The Hall–Kier alpha value is -1.87. The van der Waals surface area contributed by atoms with Gasteiger partial charge in [-0.05, 0) is 29.8 Å². The highest BCUT2D eigenvalue weighted by Gasteiger charge is 2.43. The average molecular weight is 413 g/mol. The summed E-state index contributed by atoms with van der Waals surface area (Å²) in [7, 11) is -5.05. The van der Waals surface area contributed by atoms with E-state index in [9.17, 15) is 30.4 Å². The van der Waals surface area contributed by atoms with E-state index in [0.29, 0.717) is 0 Å². The van der Waals surface area contributed by atoms with Crippen molar-refractivity contribution in [3.63, 3.8) is 0 Å². The molecule has 1 aliphatic rings. The second kappa shape index (κ2) is 6.38. The normalized spacial score (nSPS) is 16.0. The monoisotopic (exact) mass is 412 g/mol. The molecule has 0 aromatic heterocycles. The lowest BCUT2D eigenvalue weighted by Crippen LogP contribution is -2.17. The molecule has 0 amide bonds. The first-order valence-corrected chi connectivity index (χ1v) is 9.11. The maximum absolute atomic E-state index is 13.8. The minimum absolute atomic E-state index is 0.0262. The van der Waals surface area contributed by atoms with Crippen LogP contribution in [0.2, 0.25) is 5.02 Å². The van der Waals surface area contributed by atoms with Crippen LogP contribution in [-0.4, -0.2) is 20.1 Å². The molecule has 3 nitrogen and oxygen atoms in total. The van der Waals surface area contributed by atoms with Crippen molar-refractivity contribution in [3.8, 4) is 11.5 Å². The van der Waals surface area contributed by atoms with Gasteiger partial charge in [-0.1, -0.05) is 11.6 Å². The molecule has 0 fully saturated rings. The molecule has 2 aromatic carbocycles. The molecule has 0 radical (unpaired) electrons. The number of rotatable bonds is 4. The molecule has 0 saturated heterocycles. The fourth-order valence-electron chi connectivity index (χ4n) is 2.74. The van der Waals surface area contributed by atoms with E-state index in [4.69, 9.17) is 16.3 Å². The molecule has 0 heterocycles. The smallest absolute Gasteiger partial charge is 0.341 e. The second-order valence-corrected chi connectivity index (χ2v) is 8.01. The van der Waals surface area contributed by atoms with Gasteiger partial charge in [-0.25, -0.2) is 21.6 Å². The van der Waals surface area contributed by atoms with Gasteiger partial charge in [0.05, 0.1) is 9.92 Å². The molecule has 0 atom stereocenters. The molecule has 26 heavy (non-hydrogen) atoms. The molecular weight excluding hydrogens is 403 g/mol. The molecule has 3 rings (SSSR count). The van der Waals surface area contributed by atoms with Crippen molar-refractivity contribution in [2.75, 3.05) is 0 Å². The first-order valence-electron chi connectivity index (χ1n) is 7.19. The highest BCUT2D eigenvalue weighted by atomic mass is 35.5. The Morgan fingerprint density at radius 2 is 1.73 bits per heavy atom. The van der Waals surface area contributed by atoms with E-state index in [1.165, 1.54) is 6.07 Å². The van der Waals surface area contributed by atoms with Crippen molar-refractivity contribution in [1.82, 2.24) is 0 Å². The van der Waals surface area contributed by atoms with Gasteiger partial charge in [0.1, 0.15) is 17.3 Å². The van der Waals surface area contributed by atoms with Crippen molar-refractivity contribution < 1.29 is 35.1 Å². The Balaban J connectivity index is 2.09. The van der Waals surface area contributed by atoms with Crippen LogP contribution in [0.15, 0.2) is 35.2 Å². The second-order valence-electron chi connectivity index (χ2n) is 5.71. The Labute approximate surface area is 150 Å². The lowest BCUT2D eigenvalue weighted by molar-refractivity contribution is 0.0125. The van der Waals surface area contributed by atoms with Gasteiger partial charge in [-0.3, -0.25) is 0 Å². The van der Waals surface area contributed by atoms with Crippen LogP contribution < -0.4 is 4.74 Å². The van der Waals surface area contributed by atoms with Crippen LogP contribution in [0, 0.1) is 5.82 Å². The third-order valence-corrected chi connectivity index (χ3v) is 5.63. The van der Waals surface area contributed by atoms with Crippen LogP contribution in [0.5, 0.6) is 11.5 Å². The highest BCUT2D eigenvalue weighted by molar-refractivity contribution is 7.91. The predicted octanol–water partition coefficient (Wildman–Crippen LogP) is 5.00. The fourth-order valence-corrected chi connectivity index (χ4v) is 3.90. The van der Waals surface area contributed by atoms with Gasteiger partial charge in [0.2, 0.25) is 9.84 Å². The van der Waals surface area contributed by atoms with Crippen LogP contribution in [0.25, 0.3) is 0 Å². The van der Waals surface area contributed by atoms with Crippen LogP contribution in [0.1, 0.15) is 11.1 Å². The summed E-state index contributed by atoms with van der Waals surface area (Å²) in [6, 6.07) is 5.14. The summed E-state index contributed by atoms with van der Waals surface area (Å²) in [5.41, 5.74) is -0.585. The third-order valence-electron chi connectivity index (χ3n) is 3.88. The van der Waals surface area contributed by atoms with E-state index < -0.39 is 50.6 Å². The number of ether oxygens (including phenoxy) is 1. The summed E-state index contributed by atoms with van der Waals surface area (Å²) in [5.74, 6) is -7.85. The highest BCUT2D eigenvalue weighted by Crippen LogP contribution is 2.44. The van der Waals surface area contributed by atoms with E-state index in [-0.39, 0.29) is 22.1 Å². The first-order chi connectivity index (χ1) is 12.0. The number of fused-ring (bicyclic) bond motifs is 1. The third kappa shape index (κ3) is 3.37. The zero-order valence-electron chi connectivity index (χ0n) is 12.8. The molecule has 10 heteroatoms. The topological polar surface area (TPSA) is 43.4 Å². The lowest BCUT2D eigenvalue weighted by atomic mass is 10.1. The largest absolute Gasteiger partial charge is 0.457 e. The van der Waals surface area contributed by atoms with Gasteiger partial charge >= 0.3 is 5.76 Å². The minimum atomic E-state index is -5.05. The summed E-state index contributed by atoms with van der Waals surface area (Å²) >= 11 is 5.62. The Morgan fingerprint density at radius 1 is 1.08 bits per heavy atom. The van der Waals surface area contributed by atoms with Gasteiger partial charge in [0, 0.05) is 24.5 Å². The van der Waals surface area contributed by atoms with Gasteiger partial charge in [0.25, 0.3) is 5.92 Å². The van der Waals surface area contributed by atoms with Crippen LogP contribution >= 0.6 is 11.6 Å². The van der Waals surface area contributed by atoms with Crippen molar-refractivity contribution in [2.24, 2.45) is 0 Å². The number of hydrogen-bond donors (Lipinski definition) is 0. The first kappa shape index (κ1) is 18.9. The van der Waals surface area contributed by atoms with E-state index in [0.717, 1.165) is 24.3 Å².